The van der Waals surface area contributed by atoms with Crippen LogP contribution in [-0.2, 0) is 4.79 Å². The molecule has 4 nitrogen and oxygen atoms in total. The fourth-order valence-corrected chi connectivity index (χ4v) is 1.44. The molecule has 0 spiro atoms. The number of hydrogen-bond acceptors (Lipinski definition) is 3. The first-order valence-electron chi connectivity index (χ1n) is 5.53. The highest BCUT2D eigenvalue weighted by molar-refractivity contribution is 5.91. The molecule has 0 unspecified atom stereocenters. The van der Waals surface area contributed by atoms with Crippen LogP contribution in [0.25, 0.3) is 0 Å². The zero-order valence-corrected chi connectivity index (χ0v) is 10.1. The van der Waals surface area contributed by atoms with Gasteiger partial charge >= 0.3 is 0 Å². The number of pyridine rings is 1. The van der Waals surface area contributed by atoms with Crippen LogP contribution in [0.15, 0.2) is 36.7 Å². The Morgan fingerprint density at radius 2 is 1.75 bits per heavy atom. The third-order valence-electron chi connectivity index (χ3n) is 2.27. The number of rotatable bonds is 4. The van der Waals surface area contributed by atoms with E-state index in [0.717, 1.165) is 0 Å². The van der Waals surface area contributed by atoms with Gasteiger partial charge in [0.2, 0.25) is 0 Å². The van der Waals surface area contributed by atoms with E-state index in [1.165, 1.54) is 24.5 Å². The Morgan fingerprint density at radius 3 is 2.35 bits per heavy atom. The maximum absolute atomic E-state index is 13.2. The van der Waals surface area contributed by atoms with Crippen molar-refractivity contribution in [1.29, 1.82) is 0 Å². The van der Waals surface area contributed by atoms with E-state index in [4.69, 9.17) is 4.74 Å². The van der Waals surface area contributed by atoms with Gasteiger partial charge < -0.3 is 10.1 Å². The molecular formula is C13H9F3N2O2. The van der Waals surface area contributed by atoms with Crippen molar-refractivity contribution in [2.45, 2.75) is 0 Å². The molecule has 0 aliphatic rings. The van der Waals surface area contributed by atoms with Crippen molar-refractivity contribution in [2.24, 2.45) is 0 Å². The van der Waals surface area contributed by atoms with Crippen LogP contribution in [0, 0.1) is 17.5 Å². The molecule has 0 bridgehead atoms. The van der Waals surface area contributed by atoms with Gasteiger partial charge in [0.25, 0.3) is 5.91 Å². The third kappa shape index (κ3) is 3.47. The van der Waals surface area contributed by atoms with E-state index >= 15 is 0 Å². The van der Waals surface area contributed by atoms with Crippen molar-refractivity contribution in [3.8, 4) is 5.75 Å². The van der Waals surface area contributed by atoms with Crippen molar-refractivity contribution in [2.75, 3.05) is 11.9 Å². The van der Waals surface area contributed by atoms with Crippen LogP contribution in [0.2, 0.25) is 0 Å². The van der Waals surface area contributed by atoms with E-state index in [0.29, 0.717) is 17.8 Å². The molecule has 1 heterocycles. The van der Waals surface area contributed by atoms with E-state index in [-0.39, 0.29) is 0 Å². The number of halogens is 3. The third-order valence-corrected chi connectivity index (χ3v) is 2.27. The summed E-state index contributed by atoms with van der Waals surface area (Å²) in [6, 6.07) is 4.02. The van der Waals surface area contributed by atoms with Gasteiger partial charge in [-0.15, -0.1) is 0 Å². The average Bonchev–Trinajstić information content (AvgIpc) is 2.38. The predicted molar refractivity (Wildman–Crippen MR) is 64.7 cm³/mol. The lowest BCUT2D eigenvalue weighted by Crippen LogP contribution is -2.20. The molecule has 0 aliphatic carbocycles. The van der Waals surface area contributed by atoms with Crippen LogP contribution in [0.4, 0.5) is 18.9 Å². The van der Waals surface area contributed by atoms with Gasteiger partial charge in [-0.2, -0.15) is 0 Å². The molecule has 2 rings (SSSR count). The molecule has 1 aromatic carbocycles. The number of carbonyl (C=O) groups is 1. The average molecular weight is 282 g/mol. The fraction of sp³-hybridized carbons (Fsp3) is 0.0769. The number of hydrogen-bond donors (Lipinski definition) is 1. The van der Waals surface area contributed by atoms with E-state index in [2.05, 4.69) is 10.3 Å². The van der Waals surface area contributed by atoms with Gasteiger partial charge in [0.05, 0.1) is 0 Å². The van der Waals surface area contributed by atoms with E-state index in [1.54, 1.807) is 0 Å². The molecule has 2 aromatic rings. The molecule has 0 saturated heterocycles. The summed E-state index contributed by atoms with van der Waals surface area (Å²) in [6.45, 7) is -0.609. The van der Waals surface area contributed by atoms with E-state index in [9.17, 15) is 18.0 Å². The Bertz CT molecular complexity index is 597. The van der Waals surface area contributed by atoms with E-state index in [1.807, 2.05) is 0 Å². The minimum absolute atomic E-state index is 0.466. The molecule has 20 heavy (non-hydrogen) atoms. The molecule has 0 fully saturated rings. The standard InChI is InChI=1S/C13H9F3N2O2/c14-8-5-10(15)13(11(16)6-8)20-7-12(19)18-9-1-3-17-4-2-9/h1-6H,7H2,(H,17,18,19). The first-order valence-corrected chi connectivity index (χ1v) is 5.53. The Labute approximate surface area is 112 Å². The summed E-state index contributed by atoms with van der Waals surface area (Å²) >= 11 is 0. The predicted octanol–water partition coefficient (Wildman–Crippen LogP) is 2.52. The first kappa shape index (κ1) is 13.9. The molecule has 104 valence electrons. The topological polar surface area (TPSA) is 51.2 Å². The normalized spacial score (nSPS) is 10.2. The van der Waals surface area contributed by atoms with Gasteiger partial charge in [0.1, 0.15) is 5.82 Å². The molecule has 0 saturated carbocycles. The lowest BCUT2D eigenvalue weighted by atomic mass is 10.3. The zero-order chi connectivity index (χ0) is 14.5. The second-order valence-corrected chi connectivity index (χ2v) is 3.77. The minimum Gasteiger partial charge on any atom is -0.478 e. The molecule has 1 aromatic heterocycles. The number of nitrogens with zero attached hydrogens (tertiary/aromatic N) is 1. The maximum Gasteiger partial charge on any atom is 0.262 e. The van der Waals surface area contributed by atoms with Gasteiger partial charge in [-0.1, -0.05) is 0 Å². The quantitative estimate of drug-likeness (QED) is 0.937. The summed E-state index contributed by atoms with van der Waals surface area (Å²) in [6.07, 6.45) is 2.94. The van der Waals surface area contributed by atoms with Crippen LogP contribution < -0.4 is 10.1 Å². The highest BCUT2D eigenvalue weighted by atomic mass is 19.1. The van der Waals surface area contributed by atoms with Crippen LogP contribution >= 0.6 is 0 Å². The number of carbonyl (C=O) groups excluding carboxylic acids is 1. The molecule has 1 amide bonds. The van der Waals surface area contributed by atoms with Crippen LogP contribution in [0.5, 0.6) is 5.75 Å². The van der Waals surface area contributed by atoms with Crippen molar-refractivity contribution < 1.29 is 22.7 Å². The molecule has 0 atom stereocenters. The van der Waals surface area contributed by atoms with E-state index < -0.39 is 35.7 Å². The van der Waals surface area contributed by atoms with Crippen molar-refractivity contribution in [3.05, 3.63) is 54.1 Å². The molecule has 1 N–H and O–H groups in total. The Kier molecular flexibility index (Phi) is 4.19. The Balaban J connectivity index is 1.97. The summed E-state index contributed by atoms with van der Waals surface area (Å²) in [7, 11) is 0. The Morgan fingerprint density at radius 1 is 1.15 bits per heavy atom. The van der Waals surface area contributed by atoms with Crippen molar-refractivity contribution >= 4 is 11.6 Å². The number of nitrogens with one attached hydrogen (secondary N) is 1. The molecular weight excluding hydrogens is 273 g/mol. The second-order valence-electron chi connectivity index (χ2n) is 3.77. The first-order chi connectivity index (χ1) is 9.56. The number of benzene rings is 1. The summed E-state index contributed by atoms with van der Waals surface area (Å²) in [4.78, 5) is 15.3. The van der Waals surface area contributed by atoms with Gasteiger partial charge in [0, 0.05) is 30.2 Å². The Hall–Kier alpha value is -2.57. The SMILES string of the molecule is O=C(COc1c(F)cc(F)cc1F)Nc1ccncc1. The zero-order valence-electron chi connectivity index (χ0n) is 10.1. The van der Waals surface area contributed by atoms with Gasteiger partial charge in [-0.25, -0.2) is 13.2 Å². The fourth-order valence-electron chi connectivity index (χ4n) is 1.44. The van der Waals surface area contributed by atoms with Crippen LogP contribution in [-0.4, -0.2) is 17.5 Å². The van der Waals surface area contributed by atoms with Gasteiger partial charge in [0.15, 0.2) is 24.0 Å². The summed E-state index contributed by atoms with van der Waals surface area (Å²) in [5.41, 5.74) is 0.466. The number of anilines is 1. The maximum atomic E-state index is 13.2. The number of aromatic nitrogens is 1. The van der Waals surface area contributed by atoms with Crippen LogP contribution in [0.3, 0.4) is 0 Å². The summed E-state index contributed by atoms with van der Waals surface area (Å²) < 4.78 is 43.9. The summed E-state index contributed by atoms with van der Waals surface area (Å²) in [5.74, 6) is -4.89. The van der Waals surface area contributed by atoms with Crippen molar-refractivity contribution in [3.63, 3.8) is 0 Å². The smallest absolute Gasteiger partial charge is 0.262 e. The second kappa shape index (κ2) is 6.05. The highest BCUT2D eigenvalue weighted by Crippen LogP contribution is 2.22. The summed E-state index contributed by atoms with van der Waals surface area (Å²) in [5, 5.41) is 2.44. The number of ether oxygens (including phenoxy) is 1. The largest absolute Gasteiger partial charge is 0.478 e. The monoisotopic (exact) mass is 282 g/mol. The van der Waals surface area contributed by atoms with Crippen molar-refractivity contribution in [1.82, 2.24) is 4.98 Å². The highest BCUT2D eigenvalue weighted by Gasteiger charge is 2.14. The molecule has 0 radical (unpaired) electrons. The molecule has 7 heteroatoms. The van der Waals surface area contributed by atoms with Gasteiger partial charge in [-0.3, -0.25) is 9.78 Å². The minimum atomic E-state index is -1.21. The molecule has 0 aliphatic heterocycles. The number of amides is 1. The van der Waals surface area contributed by atoms with Gasteiger partial charge in [-0.05, 0) is 12.1 Å². The van der Waals surface area contributed by atoms with Crippen LogP contribution in [0.1, 0.15) is 0 Å². The lowest BCUT2D eigenvalue weighted by Gasteiger charge is -2.09. The lowest BCUT2D eigenvalue weighted by molar-refractivity contribution is -0.118.